The van der Waals surface area contributed by atoms with Crippen molar-refractivity contribution in [2.24, 2.45) is 16.6 Å². The van der Waals surface area contributed by atoms with Gasteiger partial charge < -0.3 is 21.1 Å². The lowest BCUT2D eigenvalue weighted by atomic mass is 9.91. The summed E-state index contributed by atoms with van der Waals surface area (Å²) in [7, 11) is 1.57. The molecule has 1 aliphatic rings. The molecule has 8 nitrogen and oxygen atoms in total. The van der Waals surface area contributed by atoms with E-state index in [0.717, 1.165) is 23.1 Å². The predicted octanol–water partition coefficient (Wildman–Crippen LogP) is 4.04. The number of urea groups is 1. The van der Waals surface area contributed by atoms with Crippen molar-refractivity contribution in [2.45, 2.75) is 59.2 Å². The van der Waals surface area contributed by atoms with E-state index in [4.69, 9.17) is 10.5 Å². The molecular formula is C26H35N5O3. The van der Waals surface area contributed by atoms with Gasteiger partial charge in [0.1, 0.15) is 11.3 Å². The smallest absolute Gasteiger partial charge is 0.319 e. The summed E-state index contributed by atoms with van der Waals surface area (Å²) in [4.78, 5) is 31.3. The SMILES string of the molecule is CCc1ccc(OC)c(NC(=O)NCc2ccc(CN3C(=O)C(C)(CC(C)C)N=C3N)cc2)c1. The zero-order valence-corrected chi connectivity index (χ0v) is 20.6. The van der Waals surface area contributed by atoms with Crippen molar-refractivity contribution < 1.29 is 14.3 Å². The molecule has 0 aromatic heterocycles. The number of carbonyl (C=O) groups is 2. The topological polar surface area (TPSA) is 109 Å². The number of guanidine groups is 1. The van der Waals surface area contributed by atoms with Crippen LogP contribution in [0.4, 0.5) is 10.5 Å². The number of amides is 3. The molecule has 2 aromatic rings. The van der Waals surface area contributed by atoms with Crippen LogP contribution in [0, 0.1) is 5.92 Å². The number of nitrogens with one attached hydrogen (secondary N) is 2. The Labute approximate surface area is 201 Å². The molecule has 4 N–H and O–H groups in total. The second-order valence-electron chi connectivity index (χ2n) is 9.25. The summed E-state index contributed by atoms with van der Waals surface area (Å²) in [6.07, 6.45) is 1.52. The Morgan fingerprint density at radius 3 is 2.41 bits per heavy atom. The maximum absolute atomic E-state index is 12.9. The third-order valence-corrected chi connectivity index (χ3v) is 5.89. The van der Waals surface area contributed by atoms with Crippen LogP contribution < -0.4 is 21.1 Å². The lowest BCUT2D eigenvalue weighted by molar-refractivity contribution is -0.131. The summed E-state index contributed by atoms with van der Waals surface area (Å²) < 4.78 is 5.34. The van der Waals surface area contributed by atoms with Gasteiger partial charge >= 0.3 is 6.03 Å². The lowest BCUT2D eigenvalue weighted by Gasteiger charge is -2.23. The first-order chi connectivity index (χ1) is 16.1. The molecule has 0 bridgehead atoms. The largest absolute Gasteiger partial charge is 0.495 e. The van der Waals surface area contributed by atoms with Crippen LogP contribution in [-0.4, -0.2) is 35.4 Å². The number of nitrogens with two attached hydrogens (primary N) is 1. The van der Waals surface area contributed by atoms with Crippen LogP contribution in [0.3, 0.4) is 0 Å². The van der Waals surface area contributed by atoms with Gasteiger partial charge in [-0.15, -0.1) is 0 Å². The molecule has 0 saturated heterocycles. The minimum absolute atomic E-state index is 0.0660. The molecule has 3 amide bonds. The number of ether oxygens (including phenoxy) is 1. The highest BCUT2D eigenvalue weighted by molar-refractivity contribution is 6.06. The first-order valence-electron chi connectivity index (χ1n) is 11.6. The molecule has 1 heterocycles. The number of methoxy groups -OCH3 is 1. The van der Waals surface area contributed by atoms with Gasteiger partial charge in [-0.3, -0.25) is 9.69 Å². The minimum atomic E-state index is -0.797. The normalized spacial score (nSPS) is 17.6. The number of anilines is 1. The van der Waals surface area contributed by atoms with Gasteiger partial charge in [0.05, 0.1) is 19.3 Å². The van der Waals surface area contributed by atoms with Gasteiger partial charge in [-0.05, 0) is 54.5 Å². The van der Waals surface area contributed by atoms with Crippen LogP contribution >= 0.6 is 0 Å². The Hall–Kier alpha value is -3.55. The summed E-state index contributed by atoms with van der Waals surface area (Å²) in [6, 6.07) is 13.1. The molecule has 34 heavy (non-hydrogen) atoms. The number of hydrogen-bond acceptors (Lipinski definition) is 5. The summed E-state index contributed by atoms with van der Waals surface area (Å²) in [6.45, 7) is 8.76. The molecule has 182 valence electrons. The van der Waals surface area contributed by atoms with E-state index in [1.54, 1.807) is 12.0 Å². The van der Waals surface area contributed by atoms with E-state index in [1.165, 1.54) is 0 Å². The lowest BCUT2D eigenvalue weighted by Crippen LogP contribution is -2.43. The Bertz CT molecular complexity index is 1060. The van der Waals surface area contributed by atoms with Crippen LogP contribution in [0.25, 0.3) is 0 Å². The summed E-state index contributed by atoms with van der Waals surface area (Å²) in [5.74, 6) is 1.15. The van der Waals surface area contributed by atoms with E-state index >= 15 is 0 Å². The van der Waals surface area contributed by atoms with Gasteiger partial charge in [-0.25, -0.2) is 9.79 Å². The monoisotopic (exact) mass is 465 g/mol. The van der Waals surface area contributed by atoms with E-state index in [0.29, 0.717) is 36.9 Å². The minimum Gasteiger partial charge on any atom is -0.495 e. The first-order valence-corrected chi connectivity index (χ1v) is 11.6. The molecular weight excluding hydrogens is 430 g/mol. The number of carbonyl (C=O) groups excluding carboxylic acids is 2. The third kappa shape index (κ3) is 5.87. The summed E-state index contributed by atoms with van der Waals surface area (Å²) >= 11 is 0. The van der Waals surface area contributed by atoms with E-state index in [-0.39, 0.29) is 17.9 Å². The Morgan fingerprint density at radius 1 is 1.15 bits per heavy atom. The van der Waals surface area contributed by atoms with Gasteiger partial charge in [0.2, 0.25) is 0 Å². The van der Waals surface area contributed by atoms with Crippen LogP contribution in [0.1, 0.15) is 50.8 Å². The van der Waals surface area contributed by atoms with Crippen LogP contribution in [0.5, 0.6) is 5.75 Å². The highest BCUT2D eigenvalue weighted by Crippen LogP contribution is 2.29. The quantitative estimate of drug-likeness (QED) is 0.519. The summed E-state index contributed by atoms with van der Waals surface area (Å²) in [5, 5.41) is 5.71. The van der Waals surface area contributed by atoms with Crippen LogP contribution in [-0.2, 0) is 24.3 Å². The maximum Gasteiger partial charge on any atom is 0.319 e. The van der Waals surface area contributed by atoms with Crippen molar-refractivity contribution in [3.63, 3.8) is 0 Å². The summed E-state index contributed by atoms with van der Waals surface area (Å²) in [5.41, 5.74) is 8.90. The average Bonchev–Trinajstić information content (AvgIpc) is 3.00. The van der Waals surface area contributed by atoms with Crippen molar-refractivity contribution in [3.05, 3.63) is 59.2 Å². The molecule has 0 aliphatic carbocycles. The Morgan fingerprint density at radius 2 is 1.79 bits per heavy atom. The third-order valence-electron chi connectivity index (χ3n) is 5.89. The molecule has 1 unspecified atom stereocenters. The molecule has 2 aromatic carbocycles. The number of hydrogen-bond donors (Lipinski definition) is 3. The average molecular weight is 466 g/mol. The highest BCUT2D eigenvalue weighted by atomic mass is 16.5. The molecule has 3 rings (SSSR count). The zero-order valence-electron chi connectivity index (χ0n) is 20.6. The molecule has 0 spiro atoms. The number of aryl methyl sites for hydroxylation is 1. The first kappa shape index (κ1) is 25.1. The molecule has 0 fully saturated rings. The van der Waals surface area contributed by atoms with Crippen LogP contribution in [0.2, 0.25) is 0 Å². The fourth-order valence-corrected chi connectivity index (χ4v) is 4.20. The molecule has 8 heteroatoms. The van der Waals surface area contributed by atoms with E-state index < -0.39 is 5.54 Å². The van der Waals surface area contributed by atoms with E-state index in [9.17, 15) is 9.59 Å². The van der Waals surface area contributed by atoms with Crippen molar-refractivity contribution >= 4 is 23.6 Å². The molecule has 0 radical (unpaired) electrons. The van der Waals surface area contributed by atoms with E-state index in [2.05, 4.69) is 36.4 Å². The Balaban J connectivity index is 1.56. The van der Waals surface area contributed by atoms with Gasteiger partial charge in [0.15, 0.2) is 5.96 Å². The van der Waals surface area contributed by atoms with Crippen LogP contribution in [0.15, 0.2) is 47.5 Å². The fourth-order valence-electron chi connectivity index (χ4n) is 4.20. The van der Waals surface area contributed by atoms with Gasteiger partial charge in [0.25, 0.3) is 5.91 Å². The molecule has 1 aliphatic heterocycles. The highest BCUT2D eigenvalue weighted by Gasteiger charge is 2.43. The second kappa shape index (κ2) is 10.6. The molecule has 0 saturated carbocycles. The second-order valence-corrected chi connectivity index (χ2v) is 9.25. The standard InChI is InChI=1S/C26H35N5O3/c1-6-18-11-12-22(34-5)21(13-18)29-25(33)28-15-19-7-9-20(10-8-19)16-31-23(32)26(4,14-17(2)3)30-24(31)27/h7-13,17H,6,14-16H2,1-5H3,(H2,27,30)(H2,28,29,33). The van der Waals surface area contributed by atoms with Gasteiger partial charge in [0, 0.05) is 6.54 Å². The fraction of sp³-hybridized carbons (Fsp3) is 0.423. The van der Waals surface area contributed by atoms with Gasteiger partial charge in [-0.1, -0.05) is 51.1 Å². The van der Waals surface area contributed by atoms with E-state index in [1.807, 2.05) is 49.4 Å². The van der Waals surface area contributed by atoms with Gasteiger partial charge in [-0.2, -0.15) is 0 Å². The number of benzene rings is 2. The Kier molecular flexibility index (Phi) is 7.81. The maximum atomic E-state index is 12.9. The number of rotatable bonds is 9. The molecule has 1 atom stereocenters. The number of nitrogens with zero attached hydrogens (tertiary/aromatic N) is 2. The van der Waals surface area contributed by atoms with Crippen molar-refractivity contribution in [1.82, 2.24) is 10.2 Å². The van der Waals surface area contributed by atoms with Crippen molar-refractivity contribution in [2.75, 3.05) is 12.4 Å². The van der Waals surface area contributed by atoms with Crippen molar-refractivity contribution in [1.29, 1.82) is 0 Å². The zero-order chi connectivity index (χ0) is 24.9. The van der Waals surface area contributed by atoms with Crippen molar-refractivity contribution in [3.8, 4) is 5.75 Å². The number of aliphatic imine (C=N–C) groups is 1. The predicted molar refractivity (Wildman–Crippen MR) is 135 cm³/mol.